The average Bonchev–Trinajstić information content (AvgIpc) is 1.98. The second kappa shape index (κ2) is 1.66. The minimum Gasteiger partial charge on any atom is -0.400 e. The van der Waals surface area contributed by atoms with Gasteiger partial charge in [-0.3, -0.25) is 0 Å². The molecule has 1 aliphatic rings. The van der Waals surface area contributed by atoms with Crippen LogP contribution in [-0.2, 0) is 0 Å². The summed E-state index contributed by atoms with van der Waals surface area (Å²) >= 11 is 0. The Hall–Kier alpha value is -1.16. The monoisotopic (exact) mass is 126 g/mol. The zero-order chi connectivity index (χ0) is 7.02. The first-order valence-corrected chi connectivity index (χ1v) is 2.60. The highest BCUT2D eigenvalue weighted by Crippen LogP contribution is 2.12. The van der Waals surface area contributed by atoms with Crippen molar-refractivity contribution in [2.75, 3.05) is 0 Å². The SMILES string of the molecule is NC1=CC(N)=C(N)C1N. The Morgan fingerprint density at radius 1 is 1.22 bits per heavy atom. The van der Waals surface area contributed by atoms with Crippen LogP contribution in [0.25, 0.3) is 0 Å². The molecule has 0 radical (unpaired) electrons. The average molecular weight is 126 g/mol. The summed E-state index contributed by atoms with van der Waals surface area (Å²) in [5, 5.41) is 0. The molecule has 0 saturated heterocycles. The molecule has 50 valence electrons. The van der Waals surface area contributed by atoms with Crippen LogP contribution in [0.2, 0.25) is 0 Å². The predicted octanol–water partition coefficient (Wildman–Crippen LogP) is -1.70. The van der Waals surface area contributed by atoms with Gasteiger partial charge in [-0.25, -0.2) is 0 Å². The topological polar surface area (TPSA) is 104 Å². The van der Waals surface area contributed by atoms with Crippen LogP contribution in [0.5, 0.6) is 0 Å². The fourth-order valence-electron chi connectivity index (χ4n) is 0.712. The molecule has 0 heterocycles. The van der Waals surface area contributed by atoms with Gasteiger partial charge in [-0.2, -0.15) is 0 Å². The molecule has 1 atom stereocenters. The van der Waals surface area contributed by atoms with Crippen LogP contribution in [0, 0.1) is 0 Å². The molecular weight excluding hydrogens is 116 g/mol. The summed E-state index contributed by atoms with van der Waals surface area (Å²) in [4.78, 5) is 0. The normalized spacial score (nSPS) is 26.8. The Morgan fingerprint density at radius 2 is 1.78 bits per heavy atom. The van der Waals surface area contributed by atoms with E-state index < -0.39 is 0 Å². The molecule has 0 amide bonds. The Bertz CT molecular complexity index is 191. The Morgan fingerprint density at radius 3 is 1.89 bits per heavy atom. The summed E-state index contributed by atoms with van der Waals surface area (Å²) < 4.78 is 0. The van der Waals surface area contributed by atoms with E-state index in [2.05, 4.69) is 0 Å². The van der Waals surface area contributed by atoms with Gasteiger partial charge in [0.25, 0.3) is 0 Å². The predicted molar refractivity (Wildman–Crippen MR) is 35.6 cm³/mol. The Kier molecular flexibility index (Phi) is 1.10. The van der Waals surface area contributed by atoms with Gasteiger partial charge in [0.05, 0.1) is 17.4 Å². The molecule has 8 N–H and O–H groups in total. The first-order chi connectivity index (χ1) is 4.13. The number of rotatable bonds is 0. The molecule has 1 rings (SSSR count). The van der Waals surface area contributed by atoms with Crippen LogP contribution in [-0.4, -0.2) is 6.04 Å². The van der Waals surface area contributed by atoms with E-state index in [0.717, 1.165) is 0 Å². The summed E-state index contributed by atoms with van der Waals surface area (Å²) in [6.45, 7) is 0. The maximum atomic E-state index is 5.46. The largest absolute Gasteiger partial charge is 0.400 e. The quantitative estimate of drug-likeness (QED) is 0.310. The number of nitrogens with two attached hydrogens (primary N) is 4. The summed E-state index contributed by atoms with van der Waals surface area (Å²) in [6.07, 6.45) is 1.58. The van der Waals surface area contributed by atoms with Gasteiger partial charge in [0.1, 0.15) is 0 Å². The van der Waals surface area contributed by atoms with Gasteiger partial charge < -0.3 is 22.9 Å². The van der Waals surface area contributed by atoms with Crippen LogP contribution in [0.4, 0.5) is 0 Å². The lowest BCUT2D eigenvalue weighted by Gasteiger charge is -2.04. The van der Waals surface area contributed by atoms with Crippen molar-refractivity contribution >= 4 is 0 Å². The zero-order valence-electron chi connectivity index (χ0n) is 4.96. The van der Waals surface area contributed by atoms with Crippen LogP contribution in [0.3, 0.4) is 0 Å². The first-order valence-electron chi connectivity index (χ1n) is 2.60. The van der Waals surface area contributed by atoms with Gasteiger partial charge in [0.15, 0.2) is 0 Å². The summed E-state index contributed by atoms with van der Waals surface area (Å²) in [6, 6.07) is -0.370. The highest BCUT2D eigenvalue weighted by molar-refractivity contribution is 5.40. The van der Waals surface area contributed by atoms with Gasteiger partial charge in [-0.1, -0.05) is 0 Å². The molecule has 4 nitrogen and oxygen atoms in total. The fourth-order valence-corrected chi connectivity index (χ4v) is 0.712. The maximum Gasteiger partial charge on any atom is 0.0866 e. The molecule has 1 aliphatic carbocycles. The van der Waals surface area contributed by atoms with E-state index in [1.165, 1.54) is 0 Å². The van der Waals surface area contributed by atoms with Crippen LogP contribution < -0.4 is 22.9 Å². The Balaban J connectivity index is 2.92. The molecule has 0 aromatic heterocycles. The van der Waals surface area contributed by atoms with E-state index in [1.807, 2.05) is 0 Å². The smallest absolute Gasteiger partial charge is 0.0866 e. The molecule has 9 heavy (non-hydrogen) atoms. The van der Waals surface area contributed by atoms with Crippen molar-refractivity contribution in [1.82, 2.24) is 0 Å². The maximum absolute atomic E-state index is 5.46. The van der Waals surface area contributed by atoms with Crippen LogP contribution >= 0.6 is 0 Å². The van der Waals surface area contributed by atoms with Crippen molar-refractivity contribution in [3.63, 3.8) is 0 Å². The van der Waals surface area contributed by atoms with Crippen LogP contribution in [0.1, 0.15) is 0 Å². The lowest BCUT2D eigenvalue weighted by Crippen LogP contribution is -2.31. The van der Waals surface area contributed by atoms with Crippen molar-refractivity contribution in [2.24, 2.45) is 22.9 Å². The third-order valence-electron chi connectivity index (χ3n) is 1.35. The van der Waals surface area contributed by atoms with E-state index in [1.54, 1.807) is 6.08 Å². The van der Waals surface area contributed by atoms with E-state index in [0.29, 0.717) is 17.1 Å². The molecular formula is C5H10N4. The van der Waals surface area contributed by atoms with Gasteiger partial charge in [0, 0.05) is 5.70 Å². The number of allylic oxidation sites excluding steroid dienone is 1. The van der Waals surface area contributed by atoms with Gasteiger partial charge >= 0.3 is 0 Å². The molecule has 0 aliphatic heterocycles. The number of hydrogen-bond acceptors (Lipinski definition) is 4. The van der Waals surface area contributed by atoms with Crippen molar-refractivity contribution < 1.29 is 0 Å². The molecule has 0 aromatic carbocycles. The van der Waals surface area contributed by atoms with Crippen molar-refractivity contribution in [1.29, 1.82) is 0 Å². The fraction of sp³-hybridized carbons (Fsp3) is 0.200. The minimum absolute atomic E-state index is 0.370. The number of hydrogen-bond donors (Lipinski definition) is 4. The van der Waals surface area contributed by atoms with Crippen molar-refractivity contribution in [3.05, 3.63) is 23.2 Å². The highest BCUT2D eigenvalue weighted by atomic mass is 14.9. The second-order valence-electron chi connectivity index (χ2n) is 2.03. The third kappa shape index (κ3) is 0.728. The third-order valence-corrected chi connectivity index (χ3v) is 1.35. The molecule has 1 unspecified atom stereocenters. The summed E-state index contributed by atoms with van der Waals surface area (Å²) in [5.74, 6) is 0. The van der Waals surface area contributed by atoms with E-state index in [-0.39, 0.29) is 6.04 Å². The summed E-state index contributed by atoms with van der Waals surface area (Å²) in [7, 11) is 0. The minimum atomic E-state index is -0.370. The van der Waals surface area contributed by atoms with E-state index >= 15 is 0 Å². The van der Waals surface area contributed by atoms with Crippen molar-refractivity contribution in [2.45, 2.75) is 6.04 Å². The Labute approximate surface area is 53.2 Å². The lowest BCUT2D eigenvalue weighted by molar-refractivity contribution is 0.875. The molecule has 4 heteroatoms. The molecule has 0 saturated carbocycles. The van der Waals surface area contributed by atoms with Gasteiger partial charge in [0.2, 0.25) is 0 Å². The molecule has 0 fully saturated rings. The first kappa shape index (κ1) is 5.97. The highest BCUT2D eigenvalue weighted by Gasteiger charge is 2.17. The van der Waals surface area contributed by atoms with Crippen molar-refractivity contribution in [3.8, 4) is 0 Å². The van der Waals surface area contributed by atoms with Gasteiger partial charge in [-0.05, 0) is 6.08 Å². The lowest BCUT2D eigenvalue weighted by atomic mass is 10.2. The standard InChI is InChI=1S/C5H10N4/c6-2-1-3(7)5(9)4(2)8/h1,4H,6-9H2. The van der Waals surface area contributed by atoms with E-state index in [4.69, 9.17) is 22.9 Å². The second-order valence-corrected chi connectivity index (χ2v) is 2.03. The van der Waals surface area contributed by atoms with Gasteiger partial charge in [-0.15, -0.1) is 0 Å². The molecule has 0 spiro atoms. The van der Waals surface area contributed by atoms with Crippen LogP contribution in [0.15, 0.2) is 23.2 Å². The molecule has 0 bridgehead atoms. The zero-order valence-corrected chi connectivity index (χ0v) is 4.96. The molecule has 0 aromatic rings. The summed E-state index contributed by atoms with van der Waals surface area (Å²) in [5.41, 5.74) is 23.1. The van der Waals surface area contributed by atoms with E-state index in [9.17, 15) is 0 Å².